The van der Waals surface area contributed by atoms with Gasteiger partial charge in [-0.05, 0) is 28.3 Å². The fraction of sp³-hybridized carbons (Fsp3) is 0.0400. The maximum absolute atomic E-state index is 11.8. The van der Waals surface area contributed by atoms with Gasteiger partial charge in [-0.25, -0.2) is 0 Å². The Labute approximate surface area is 172 Å². The molecule has 5 nitrogen and oxygen atoms in total. The highest BCUT2D eigenvalue weighted by molar-refractivity contribution is 6.21. The van der Waals surface area contributed by atoms with Crippen LogP contribution in [0, 0.1) is 10.1 Å². The van der Waals surface area contributed by atoms with E-state index in [0.717, 1.165) is 43.6 Å². The van der Waals surface area contributed by atoms with E-state index in [1.165, 1.54) is 6.07 Å². The lowest BCUT2D eigenvalue weighted by Gasteiger charge is -2.07. The molecule has 0 spiro atoms. The molecule has 1 N–H and O–H groups in total. The molecule has 0 saturated carbocycles. The second kappa shape index (κ2) is 7.04. The summed E-state index contributed by atoms with van der Waals surface area (Å²) >= 11 is 0. The second-order valence-electron chi connectivity index (χ2n) is 7.06. The van der Waals surface area contributed by atoms with E-state index in [9.17, 15) is 10.1 Å². The molecule has 5 heteroatoms. The van der Waals surface area contributed by atoms with E-state index >= 15 is 0 Å². The van der Waals surface area contributed by atoms with Crippen LogP contribution in [0.2, 0.25) is 0 Å². The standard InChI is InChI=1S/C25H18N2O3/c1-30-23-15-7-11-18-16-8-2-3-9-17(16)19-12-6-14-22(27(28)29)25(19)26-21-13-5-4-10-20(21)24(18)23/h2-15,26H,1H3. The lowest BCUT2D eigenvalue weighted by atomic mass is 10.0. The number of fused-ring (bicyclic) bond motifs is 7. The van der Waals surface area contributed by atoms with Crippen molar-refractivity contribution in [3.05, 3.63) is 95.0 Å². The number of H-pyrrole nitrogens is 1. The number of rotatable bonds is 2. The number of methoxy groups -OCH3 is 1. The number of nitro groups is 1. The highest BCUT2D eigenvalue weighted by Gasteiger charge is 2.14. The fourth-order valence-electron chi connectivity index (χ4n) is 4.15. The molecule has 0 fully saturated rings. The lowest BCUT2D eigenvalue weighted by molar-refractivity contribution is -0.383. The number of nitrogens with one attached hydrogen (secondary N) is 1. The molecule has 0 aliphatic carbocycles. The number of para-hydroxylation sites is 2. The predicted molar refractivity (Wildman–Crippen MR) is 122 cm³/mol. The van der Waals surface area contributed by atoms with Crippen LogP contribution < -0.4 is 4.74 Å². The number of ether oxygens (including phenoxy) is 1. The number of aromatic amines is 1. The molecule has 1 aromatic heterocycles. The van der Waals surface area contributed by atoms with Crippen molar-refractivity contribution >= 4 is 49.0 Å². The van der Waals surface area contributed by atoms with Crippen molar-refractivity contribution in [1.29, 1.82) is 0 Å². The maximum atomic E-state index is 11.8. The minimum absolute atomic E-state index is 0.0371. The Kier molecular flexibility index (Phi) is 4.21. The molecule has 4 aromatic carbocycles. The van der Waals surface area contributed by atoms with Crippen LogP contribution in [0.1, 0.15) is 0 Å². The van der Waals surface area contributed by atoms with Crippen molar-refractivity contribution < 1.29 is 9.66 Å². The van der Waals surface area contributed by atoms with Crippen LogP contribution in [0.15, 0.2) is 84.9 Å². The normalized spacial score (nSPS) is 11.1. The molecule has 0 atom stereocenters. The lowest BCUT2D eigenvalue weighted by Crippen LogP contribution is -1.90. The average Bonchev–Trinajstić information content (AvgIpc) is 2.83. The average molecular weight is 394 g/mol. The van der Waals surface area contributed by atoms with Crippen molar-refractivity contribution in [1.82, 2.24) is 4.98 Å². The first-order valence-corrected chi connectivity index (χ1v) is 9.59. The van der Waals surface area contributed by atoms with Gasteiger partial charge in [0, 0.05) is 27.7 Å². The Balaban J connectivity index is 2.27. The quantitative estimate of drug-likeness (QED) is 0.269. The third kappa shape index (κ3) is 2.71. The van der Waals surface area contributed by atoms with Gasteiger partial charge in [0.25, 0.3) is 5.69 Å². The van der Waals surface area contributed by atoms with Gasteiger partial charge in [0.1, 0.15) is 11.3 Å². The van der Waals surface area contributed by atoms with Crippen molar-refractivity contribution in [3.63, 3.8) is 0 Å². The first-order valence-electron chi connectivity index (χ1n) is 9.59. The summed E-state index contributed by atoms with van der Waals surface area (Å²) in [5, 5.41) is 17.4. The Morgan fingerprint density at radius 2 is 1.33 bits per heavy atom. The van der Waals surface area contributed by atoms with E-state index in [1.807, 2.05) is 66.7 Å². The smallest absolute Gasteiger partial charge is 0.293 e. The Morgan fingerprint density at radius 1 is 0.733 bits per heavy atom. The molecular formula is C25H18N2O3. The van der Waals surface area contributed by atoms with Gasteiger partial charge in [-0.3, -0.25) is 10.1 Å². The minimum Gasteiger partial charge on any atom is -0.496 e. The summed E-state index contributed by atoms with van der Waals surface area (Å²) in [4.78, 5) is 14.9. The fourth-order valence-corrected chi connectivity index (χ4v) is 4.15. The molecule has 0 aliphatic rings. The summed E-state index contributed by atoms with van der Waals surface area (Å²) in [6.07, 6.45) is 0. The van der Waals surface area contributed by atoms with Crippen LogP contribution >= 0.6 is 0 Å². The molecule has 5 aromatic rings. The van der Waals surface area contributed by atoms with Gasteiger partial charge < -0.3 is 9.72 Å². The van der Waals surface area contributed by atoms with Gasteiger partial charge in [0.2, 0.25) is 0 Å². The third-order valence-corrected chi connectivity index (χ3v) is 5.45. The van der Waals surface area contributed by atoms with Crippen LogP contribution in [0.25, 0.3) is 43.4 Å². The van der Waals surface area contributed by atoms with Gasteiger partial charge in [-0.1, -0.05) is 66.7 Å². The van der Waals surface area contributed by atoms with Crippen LogP contribution in [0.4, 0.5) is 5.69 Å². The highest BCUT2D eigenvalue weighted by atomic mass is 16.6. The van der Waals surface area contributed by atoms with Crippen molar-refractivity contribution in [2.45, 2.75) is 0 Å². The molecular weight excluding hydrogens is 376 g/mol. The summed E-state index contributed by atoms with van der Waals surface area (Å²) in [5.74, 6) is 0.747. The van der Waals surface area contributed by atoms with Gasteiger partial charge >= 0.3 is 0 Å². The zero-order valence-electron chi connectivity index (χ0n) is 16.3. The Bertz CT molecular complexity index is 1520. The molecule has 5 rings (SSSR count). The molecule has 146 valence electrons. The zero-order chi connectivity index (χ0) is 20.7. The number of aromatic nitrogens is 1. The largest absolute Gasteiger partial charge is 0.496 e. The number of hydrogen-bond donors (Lipinski definition) is 1. The molecule has 0 amide bonds. The van der Waals surface area contributed by atoms with Crippen LogP contribution in [0.3, 0.4) is 0 Å². The number of non-ortho nitro benzene ring substituents is 1. The van der Waals surface area contributed by atoms with Crippen LogP contribution in [0.5, 0.6) is 5.75 Å². The first kappa shape index (κ1) is 17.9. The zero-order valence-corrected chi connectivity index (χ0v) is 16.3. The Hall–Kier alpha value is -4.12. The molecule has 1 heterocycles. The predicted octanol–water partition coefficient (Wildman–Crippen LogP) is 6.67. The molecule has 0 saturated heterocycles. The van der Waals surface area contributed by atoms with E-state index in [4.69, 9.17) is 4.74 Å². The van der Waals surface area contributed by atoms with Crippen molar-refractivity contribution in [2.24, 2.45) is 0 Å². The highest BCUT2D eigenvalue weighted by Crippen LogP contribution is 2.37. The first-order chi connectivity index (χ1) is 14.7. The topological polar surface area (TPSA) is 68.2 Å². The summed E-state index contributed by atoms with van der Waals surface area (Å²) in [7, 11) is 1.66. The number of hydrogen-bond acceptors (Lipinski definition) is 3. The number of nitro benzene ring substituents is 1. The van der Waals surface area contributed by atoms with E-state index < -0.39 is 0 Å². The number of nitrogens with zero attached hydrogens (tertiary/aromatic N) is 1. The molecule has 0 radical (unpaired) electrons. The van der Waals surface area contributed by atoms with Gasteiger partial charge in [-0.15, -0.1) is 0 Å². The van der Waals surface area contributed by atoms with Crippen molar-refractivity contribution in [3.8, 4) is 5.75 Å². The molecule has 0 unspecified atom stereocenters. The van der Waals surface area contributed by atoms with E-state index in [0.29, 0.717) is 5.52 Å². The molecule has 30 heavy (non-hydrogen) atoms. The monoisotopic (exact) mass is 394 g/mol. The van der Waals surface area contributed by atoms with Crippen LogP contribution in [-0.4, -0.2) is 17.0 Å². The van der Waals surface area contributed by atoms with E-state index in [-0.39, 0.29) is 10.6 Å². The minimum atomic E-state index is -0.345. The number of benzene rings is 4. The SMILES string of the molecule is COc1cccc2c3ccccc3c3cccc([N+](=O)[O-])c3[nH]c3ccccc3c12. The van der Waals surface area contributed by atoms with Crippen molar-refractivity contribution in [2.75, 3.05) is 7.11 Å². The van der Waals surface area contributed by atoms with E-state index in [1.54, 1.807) is 13.2 Å². The van der Waals surface area contributed by atoms with Gasteiger partial charge in [0.05, 0.1) is 12.0 Å². The summed E-state index contributed by atoms with van der Waals surface area (Å²) < 4.78 is 5.72. The summed E-state index contributed by atoms with van der Waals surface area (Å²) in [5.41, 5.74) is 1.30. The molecule has 0 aliphatic heterocycles. The summed E-state index contributed by atoms with van der Waals surface area (Å²) in [6, 6.07) is 26.9. The Morgan fingerprint density at radius 3 is 2.07 bits per heavy atom. The van der Waals surface area contributed by atoms with Gasteiger partial charge in [0.15, 0.2) is 0 Å². The third-order valence-electron chi connectivity index (χ3n) is 5.45. The molecule has 0 bridgehead atoms. The second-order valence-corrected chi connectivity index (χ2v) is 7.06. The summed E-state index contributed by atoms with van der Waals surface area (Å²) in [6.45, 7) is 0. The van der Waals surface area contributed by atoms with Gasteiger partial charge in [-0.2, -0.15) is 0 Å². The van der Waals surface area contributed by atoms with Crippen LogP contribution in [-0.2, 0) is 0 Å². The van der Waals surface area contributed by atoms with E-state index in [2.05, 4.69) is 11.1 Å². The maximum Gasteiger partial charge on any atom is 0.293 e.